The molecule has 0 saturated carbocycles. The van der Waals surface area contributed by atoms with Gasteiger partial charge in [-0.05, 0) is 12.5 Å². The Balaban J connectivity index is 3.01. The lowest BCUT2D eigenvalue weighted by Gasteiger charge is -2.05. The molecule has 0 N–H and O–H groups in total. The Morgan fingerprint density at radius 2 is 2.23 bits per heavy atom. The van der Waals surface area contributed by atoms with E-state index >= 15 is 0 Å². The van der Waals surface area contributed by atoms with E-state index in [9.17, 15) is 4.79 Å². The molecule has 0 unspecified atom stereocenters. The Morgan fingerprint density at radius 3 is 2.85 bits per heavy atom. The molecule has 2 radical (unpaired) electrons. The zero-order chi connectivity index (χ0) is 9.84. The van der Waals surface area contributed by atoms with E-state index in [-0.39, 0.29) is 5.78 Å². The van der Waals surface area contributed by atoms with Gasteiger partial charge in [-0.2, -0.15) is 0 Å². The van der Waals surface area contributed by atoms with Gasteiger partial charge in [0.05, 0.1) is 0 Å². The van der Waals surface area contributed by atoms with Crippen molar-refractivity contribution in [2.75, 3.05) is 0 Å². The second-order valence-corrected chi connectivity index (χ2v) is 3.28. The lowest BCUT2D eigenvalue weighted by atomic mass is 9.87. The average molecular weight is 192 g/mol. The van der Waals surface area contributed by atoms with Crippen LogP contribution in [-0.4, -0.2) is 13.6 Å². The van der Waals surface area contributed by atoms with E-state index < -0.39 is 0 Å². The summed E-state index contributed by atoms with van der Waals surface area (Å²) in [5, 5.41) is 0.446. The quantitative estimate of drug-likeness (QED) is 0.530. The van der Waals surface area contributed by atoms with Crippen LogP contribution in [0.5, 0.6) is 0 Å². The Morgan fingerprint density at radius 1 is 1.54 bits per heavy atom. The smallest absolute Gasteiger partial charge is 0.162 e. The first-order chi connectivity index (χ1) is 6.16. The first-order valence-corrected chi connectivity index (χ1v) is 4.61. The molecular weight excluding hydrogens is 182 g/mol. The lowest BCUT2D eigenvalue weighted by molar-refractivity contribution is 0.0983. The predicted octanol–water partition coefficient (Wildman–Crippen LogP) is 2.12. The summed E-state index contributed by atoms with van der Waals surface area (Å²) in [5.74, 6) is 0.0579. The molecule has 0 aliphatic carbocycles. The van der Waals surface area contributed by atoms with Gasteiger partial charge in [0.2, 0.25) is 0 Å². The minimum absolute atomic E-state index is 0.0579. The third-order valence-electron chi connectivity index (χ3n) is 1.83. The summed E-state index contributed by atoms with van der Waals surface area (Å²) in [6.45, 7) is 1.96. The summed E-state index contributed by atoms with van der Waals surface area (Å²) < 4.78 is 0. The van der Waals surface area contributed by atoms with Crippen molar-refractivity contribution >= 4 is 30.7 Å². The van der Waals surface area contributed by atoms with Gasteiger partial charge in [-0.3, -0.25) is 4.79 Å². The fourth-order valence-electron chi connectivity index (χ4n) is 1.14. The molecule has 0 aliphatic rings. The summed E-state index contributed by atoms with van der Waals surface area (Å²) in [5.41, 5.74) is 0.928. The number of carbonyl (C=O) groups is 1. The van der Waals surface area contributed by atoms with Crippen molar-refractivity contribution < 1.29 is 4.79 Å². The summed E-state index contributed by atoms with van der Waals surface area (Å²) >= 11 is 5.78. The molecule has 1 rings (SSSR count). The van der Waals surface area contributed by atoms with Gasteiger partial charge in [0.1, 0.15) is 7.85 Å². The minimum Gasteiger partial charge on any atom is -0.294 e. The highest BCUT2D eigenvalue weighted by Crippen LogP contribution is 2.09. The maximum atomic E-state index is 11.5. The maximum Gasteiger partial charge on any atom is 0.162 e. The Kier molecular flexibility index (Phi) is 3.55. The average Bonchev–Trinajstić information content (AvgIpc) is 2.10. The van der Waals surface area contributed by atoms with Crippen LogP contribution < -0.4 is 5.46 Å². The predicted molar refractivity (Wildman–Crippen MR) is 56.1 cm³/mol. The van der Waals surface area contributed by atoms with Gasteiger partial charge >= 0.3 is 0 Å². The largest absolute Gasteiger partial charge is 0.294 e. The molecule has 13 heavy (non-hydrogen) atoms. The molecule has 0 saturated heterocycles. The van der Waals surface area contributed by atoms with Gasteiger partial charge in [0.25, 0.3) is 0 Å². The molecule has 1 aromatic carbocycles. The number of rotatable bonds is 3. The fraction of sp³-hybridized carbons (Fsp3) is 0.300. The Bertz CT molecular complexity index is 323. The van der Waals surface area contributed by atoms with E-state index in [1.54, 1.807) is 18.2 Å². The van der Waals surface area contributed by atoms with Crippen LogP contribution in [0, 0.1) is 0 Å². The van der Waals surface area contributed by atoms with Gasteiger partial charge in [0.15, 0.2) is 5.78 Å². The van der Waals surface area contributed by atoms with E-state index in [1.165, 1.54) is 0 Å². The van der Waals surface area contributed by atoms with Crippen LogP contribution in [0.2, 0.25) is 5.02 Å². The number of hydrogen-bond acceptors (Lipinski definition) is 1. The molecule has 3 heteroatoms. The van der Waals surface area contributed by atoms with Crippen LogP contribution in [0.1, 0.15) is 30.1 Å². The zero-order valence-electron chi connectivity index (χ0n) is 7.51. The van der Waals surface area contributed by atoms with E-state index in [0.29, 0.717) is 22.5 Å². The number of halogens is 1. The van der Waals surface area contributed by atoms with Crippen molar-refractivity contribution in [3.8, 4) is 0 Å². The number of carbonyl (C=O) groups excluding carboxylic acids is 1. The standard InChI is InChI=1S/C10H10BClO/c1-2-4-9(13)7-5-3-6-8(12)10(7)11/h3,5-6H,2,4H2,1H3. The number of benzene rings is 1. The first-order valence-electron chi connectivity index (χ1n) is 4.24. The molecule has 0 amide bonds. The fourth-order valence-corrected chi connectivity index (χ4v) is 1.32. The third-order valence-corrected chi connectivity index (χ3v) is 2.16. The van der Waals surface area contributed by atoms with Gasteiger partial charge in [-0.25, -0.2) is 0 Å². The van der Waals surface area contributed by atoms with E-state index in [1.807, 2.05) is 6.92 Å². The third kappa shape index (κ3) is 2.34. The van der Waals surface area contributed by atoms with Crippen molar-refractivity contribution in [2.45, 2.75) is 19.8 Å². The molecule has 0 heterocycles. The van der Waals surface area contributed by atoms with E-state index in [4.69, 9.17) is 19.4 Å². The monoisotopic (exact) mass is 192 g/mol. The number of Topliss-reactive ketones (excluding diaryl/α,β-unsaturated/α-hetero) is 1. The highest BCUT2D eigenvalue weighted by molar-refractivity contribution is 6.47. The van der Waals surface area contributed by atoms with Crippen LogP contribution >= 0.6 is 11.6 Å². The van der Waals surface area contributed by atoms with Gasteiger partial charge < -0.3 is 0 Å². The van der Waals surface area contributed by atoms with Crippen molar-refractivity contribution in [2.24, 2.45) is 0 Å². The molecule has 66 valence electrons. The number of ketones is 1. The van der Waals surface area contributed by atoms with Crippen LogP contribution in [0.25, 0.3) is 0 Å². The summed E-state index contributed by atoms with van der Waals surface area (Å²) in [7, 11) is 5.66. The molecule has 0 aliphatic heterocycles. The van der Waals surface area contributed by atoms with Crippen molar-refractivity contribution in [3.63, 3.8) is 0 Å². The van der Waals surface area contributed by atoms with Crippen LogP contribution in [-0.2, 0) is 0 Å². The number of hydrogen-bond donors (Lipinski definition) is 0. The highest BCUT2D eigenvalue weighted by Gasteiger charge is 2.08. The minimum atomic E-state index is 0.0579. The summed E-state index contributed by atoms with van der Waals surface area (Å²) in [4.78, 5) is 11.5. The Hall–Kier alpha value is -0.755. The zero-order valence-corrected chi connectivity index (χ0v) is 8.27. The topological polar surface area (TPSA) is 17.1 Å². The highest BCUT2D eigenvalue weighted by atomic mass is 35.5. The van der Waals surface area contributed by atoms with E-state index in [2.05, 4.69) is 0 Å². The Labute approximate surface area is 84.5 Å². The molecule has 0 fully saturated rings. The van der Waals surface area contributed by atoms with Crippen molar-refractivity contribution in [1.82, 2.24) is 0 Å². The maximum absolute atomic E-state index is 11.5. The van der Waals surface area contributed by atoms with Crippen LogP contribution in [0.3, 0.4) is 0 Å². The van der Waals surface area contributed by atoms with Gasteiger partial charge in [-0.1, -0.05) is 36.1 Å². The normalized spacial score (nSPS) is 10.0. The summed E-state index contributed by atoms with van der Waals surface area (Å²) in [6.07, 6.45) is 1.34. The summed E-state index contributed by atoms with van der Waals surface area (Å²) in [6, 6.07) is 5.13. The second kappa shape index (κ2) is 4.47. The first kappa shape index (κ1) is 10.3. The van der Waals surface area contributed by atoms with Crippen molar-refractivity contribution in [1.29, 1.82) is 0 Å². The second-order valence-electron chi connectivity index (χ2n) is 2.87. The van der Waals surface area contributed by atoms with Crippen LogP contribution in [0.4, 0.5) is 0 Å². The molecular formula is C10H10BClO. The van der Waals surface area contributed by atoms with Gasteiger partial charge in [-0.15, -0.1) is 0 Å². The molecule has 0 bridgehead atoms. The SMILES string of the molecule is [B]c1c(Cl)cccc1C(=O)CCC. The van der Waals surface area contributed by atoms with Crippen molar-refractivity contribution in [3.05, 3.63) is 28.8 Å². The van der Waals surface area contributed by atoms with E-state index in [0.717, 1.165) is 6.42 Å². The van der Waals surface area contributed by atoms with Gasteiger partial charge in [0, 0.05) is 17.0 Å². The molecule has 0 aromatic heterocycles. The molecule has 0 atom stereocenters. The molecule has 0 spiro atoms. The van der Waals surface area contributed by atoms with Crippen LogP contribution in [0.15, 0.2) is 18.2 Å². The lowest BCUT2D eigenvalue weighted by Crippen LogP contribution is -2.16. The molecule has 1 nitrogen and oxygen atoms in total. The molecule has 1 aromatic rings.